The molecule has 102 valence electrons. The number of hydrogen-bond donors (Lipinski definition) is 2. The number of nitrogens with zero attached hydrogens (tertiary/aromatic N) is 1. The number of unbranched alkanes of at least 4 members (excludes halogenated alkanes) is 1. The van der Waals surface area contributed by atoms with E-state index in [1.54, 1.807) is 11.3 Å². The maximum absolute atomic E-state index is 11.3. The Bertz CT molecular complexity index is 506. The van der Waals surface area contributed by atoms with Crippen molar-refractivity contribution in [3.63, 3.8) is 0 Å². The van der Waals surface area contributed by atoms with Crippen molar-refractivity contribution < 1.29 is 9.90 Å². The number of benzene rings is 1. The standard InChI is InChI=1S/C14H18N2O2S/c17-10-9-15-13(18)7-3-4-8-14-16-11-5-1-2-6-12(11)19-14/h1-2,5-6,17H,3-4,7-10H2,(H,15,18). The zero-order valence-corrected chi connectivity index (χ0v) is 11.6. The second-order valence-corrected chi connectivity index (χ2v) is 5.47. The molecule has 0 radical (unpaired) electrons. The maximum atomic E-state index is 11.3. The zero-order chi connectivity index (χ0) is 13.5. The molecule has 1 aromatic heterocycles. The number of hydrogen-bond acceptors (Lipinski definition) is 4. The summed E-state index contributed by atoms with van der Waals surface area (Å²) in [5.41, 5.74) is 1.06. The Hall–Kier alpha value is -1.46. The van der Waals surface area contributed by atoms with Gasteiger partial charge >= 0.3 is 0 Å². The van der Waals surface area contributed by atoms with E-state index in [9.17, 15) is 4.79 Å². The van der Waals surface area contributed by atoms with Crippen LogP contribution in [-0.2, 0) is 11.2 Å². The fourth-order valence-electron chi connectivity index (χ4n) is 1.87. The van der Waals surface area contributed by atoms with Crippen molar-refractivity contribution in [3.05, 3.63) is 29.3 Å². The molecule has 0 saturated heterocycles. The molecule has 0 aliphatic heterocycles. The van der Waals surface area contributed by atoms with Crippen molar-refractivity contribution in [2.75, 3.05) is 13.2 Å². The van der Waals surface area contributed by atoms with Crippen LogP contribution in [-0.4, -0.2) is 29.1 Å². The fraction of sp³-hybridized carbons (Fsp3) is 0.429. The lowest BCUT2D eigenvalue weighted by atomic mass is 10.2. The van der Waals surface area contributed by atoms with E-state index >= 15 is 0 Å². The van der Waals surface area contributed by atoms with Gasteiger partial charge in [0.25, 0.3) is 0 Å². The first-order valence-electron chi connectivity index (χ1n) is 6.51. The second-order valence-electron chi connectivity index (χ2n) is 4.36. The Morgan fingerprint density at radius 1 is 1.32 bits per heavy atom. The number of aliphatic hydroxyl groups is 1. The molecular weight excluding hydrogens is 260 g/mol. The third-order valence-electron chi connectivity index (χ3n) is 2.82. The van der Waals surface area contributed by atoms with Gasteiger partial charge in [-0.25, -0.2) is 4.98 Å². The number of para-hydroxylation sites is 1. The minimum Gasteiger partial charge on any atom is -0.395 e. The molecular formula is C14H18N2O2S. The van der Waals surface area contributed by atoms with Gasteiger partial charge in [0.1, 0.15) is 0 Å². The molecule has 0 spiro atoms. The molecule has 0 fully saturated rings. The number of aromatic nitrogens is 1. The SMILES string of the molecule is O=C(CCCCc1nc2ccccc2s1)NCCO. The van der Waals surface area contributed by atoms with Gasteiger partial charge in [-0.2, -0.15) is 0 Å². The third kappa shape index (κ3) is 4.29. The maximum Gasteiger partial charge on any atom is 0.220 e. The molecule has 2 rings (SSSR count). The molecule has 1 heterocycles. The van der Waals surface area contributed by atoms with E-state index in [4.69, 9.17) is 5.11 Å². The van der Waals surface area contributed by atoms with Crippen molar-refractivity contribution in [2.45, 2.75) is 25.7 Å². The molecule has 0 aliphatic rings. The van der Waals surface area contributed by atoms with Crippen LogP contribution >= 0.6 is 11.3 Å². The van der Waals surface area contributed by atoms with E-state index in [0.717, 1.165) is 29.8 Å². The Morgan fingerprint density at radius 3 is 2.95 bits per heavy atom. The van der Waals surface area contributed by atoms with Crippen molar-refractivity contribution in [1.82, 2.24) is 10.3 Å². The van der Waals surface area contributed by atoms with E-state index in [2.05, 4.69) is 16.4 Å². The second kappa shape index (κ2) is 7.21. The largest absolute Gasteiger partial charge is 0.395 e. The highest BCUT2D eigenvalue weighted by Crippen LogP contribution is 2.22. The predicted molar refractivity (Wildman–Crippen MR) is 77.3 cm³/mol. The van der Waals surface area contributed by atoms with Crippen LogP contribution in [0.2, 0.25) is 0 Å². The van der Waals surface area contributed by atoms with E-state index in [-0.39, 0.29) is 12.5 Å². The van der Waals surface area contributed by atoms with Gasteiger partial charge in [-0.05, 0) is 31.4 Å². The molecule has 0 unspecified atom stereocenters. The first-order valence-corrected chi connectivity index (χ1v) is 7.33. The first-order chi connectivity index (χ1) is 9.29. The van der Waals surface area contributed by atoms with Gasteiger partial charge in [0.2, 0.25) is 5.91 Å². The van der Waals surface area contributed by atoms with Crippen molar-refractivity contribution in [1.29, 1.82) is 0 Å². The van der Waals surface area contributed by atoms with E-state index < -0.39 is 0 Å². The van der Waals surface area contributed by atoms with Crippen molar-refractivity contribution in [3.8, 4) is 0 Å². The summed E-state index contributed by atoms with van der Waals surface area (Å²) in [4.78, 5) is 15.9. The number of fused-ring (bicyclic) bond motifs is 1. The Kier molecular flexibility index (Phi) is 5.30. The topological polar surface area (TPSA) is 62.2 Å². The summed E-state index contributed by atoms with van der Waals surface area (Å²) in [6.07, 6.45) is 3.26. The summed E-state index contributed by atoms with van der Waals surface area (Å²) in [6.45, 7) is 0.341. The summed E-state index contributed by atoms with van der Waals surface area (Å²) < 4.78 is 1.22. The van der Waals surface area contributed by atoms with Gasteiger partial charge in [0, 0.05) is 13.0 Å². The van der Waals surface area contributed by atoms with E-state index in [0.29, 0.717) is 13.0 Å². The quantitative estimate of drug-likeness (QED) is 0.763. The van der Waals surface area contributed by atoms with Gasteiger partial charge in [0.05, 0.1) is 21.8 Å². The highest BCUT2D eigenvalue weighted by Gasteiger charge is 2.04. The summed E-state index contributed by atoms with van der Waals surface area (Å²) >= 11 is 1.73. The van der Waals surface area contributed by atoms with Crippen LogP contribution in [0.4, 0.5) is 0 Å². The van der Waals surface area contributed by atoms with Crippen LogP contribution < -0.4 is 5.32 Å². The Morgan fingerprint density at radius 2 is 2.16 bits per heavy atom. The van der Waals surface area contributed by atoms with Gasteiger partial charge in [0.15, 0.2) is 0 Å². The smallest absolute Gasteiger partial charge is 0.220 e. The fourth-order valence-corrected chi connectivity index (χ4v) is 2.88. The van der Waals surface area contributed by atoms with Gasteiger partial charge < -0.3 is 10.4 Å². The number of aliphatic hydroxyl groups excluding tert-OH is 1. The zero-order valence-electron chi connectivity index (χ0n) is 10.8. The number of carbonyl (C=O) groups is 1. The molecule has 1 amide bonds. The van der Waals surface area contributed by atoms with Crippen LogP contribution in [0.5, 0.6) is 0 Å². The molecule has 0 saturated carbocycles. The molecule has 5 heteroatoms. The highest BCUT2D eigenvalue weighted by molar-refractivity contribution is 7.18. The minimum atomic E-state index is -0.00254. The number of carbonyl (C=O) groups excluding carboxylic acids is 1. The number of aryl methyl sites for hydroxylation is 1. The van der Waals surface area contributed by atoms with Crippen LogP contribution in [0, 0.1) is 0 Å². The average molecular weight is 278 g/mol. The normalized spacial score (nSPS) is 10.8. The van der Waals surface area contributed by atoms with Crippen LogP contribution in [0.15, 0.2) is 24.3 Å². The monoisotopic (exact) mass is 278 g/mol. The number of thiazole rings is 1. The summed E-state index contributed by atoms with van der Waals surface area (Å²) in [5.74, 6) is 0.0124. The highest BCUT2D eigenvalue weighted by atomic mass is 32.1. The average Bonchev–Trinajstić information content (AvgIpc) is 2.84. The van der Waals surface area contributed by atoms with Crippen LogP contribution in [0.1, 0.15) is 24.3 Å². The number of nitrogens with one attached hydrogen (secondary N) is 1. The Balaban J connectivity index is 1.72. The molecule has 19 heavy (non-hydrogen) atoms. The van der Waals surface area contributed by atoms with Crippen LogP contribution in [0.25, 0.3) is 10.2 Å². The van der Waals surface area contributed by atoms with Gasteiger partial charge in [-0.1, -0.05) is 12.1 Å². The lowest BCUT2D eigenvalue weighted by molar-refractivity contribution is -0.121. The lowest BCUT2D eigenvalue weighted by Crippen LogP contribution is -2.25. The molecule has 0 bridgehead atoms. The van der Waals surface area contributed by atoms with E-state index in [1.165, 1.54) is 4.70 Å². The number of rotatable bonds is 7. The Labute approximate surface area is 116 Å². The molecule has 0 aliphatic carbocycles. The van der Waals surface area contributed by atoms with Gasteiger partial charge in [-0.15, -0.1) is 11.3 Å². The molecule has 0 atom stereocenters. The van der Waals surface area contributed by atoms with Crippen LogP contribution in [0.3, 0.4) is 0 Å². The summed E-state index contributed by atoms with van der Waals surface area (Å²) in [5, 5.41) is 12.4. The number of amides is 1. The van der Waals surface area contributed by atoms with Crippen molar-refractivity contribution in [2.24, 2.45) is 0 Å². The molecule has 4 nitrogen and oxygen atoms in total. The summed E-state index contributed by atoms with van der Waals surface area (Å²) in [6, 6.07) is 8.13. The lowest BCUT2D eigenvalue weighted by Gasteiger charge is -2.02. The molecule has 2 aromatic rings. The predicted octanol–water partition coefficient (Wildman–Crippen LogP) is 2.12. The van der Waals surface area contributed by atoms with E-state index in [1.807, 2.05) is 18.2 Å². The third-order valence-corrected chi connectivity index (χ3v) is 3.91. The van der Waals surface area contributed by atoms with Crippen molar-refractivity contribution >= 4 is 27.5 Å². The molecule has 1 aromatic carbocycles. The molecule has 2 N–H and O–H groups in total. The van der Waals surface area contributed by atoms with Gasteiger partial charge in [-0.3, -0.25) is 4.79 Å². The minimum absolute atomic E-state index is 0.00254. The first kappa shape index (κ1) is 14.0. The summed E-state index contributed by atoms with van der Waals surface area (Å²) in [7, 11) is 0.